The van der Waals surface area contributed by atoms with Gasteiger partial charge in [-0.05, 0) is 32.4 Å². The fourth-order valence-electron chi connectivity index (χ4n) is 2.29. The zero-order chi connectivity index (χ0) is 13.3. The number of likely N-dealkylation sites (tertiary alicyclic amines) is 1. The quantitative estimate of drug-likeness (QED) is 0.828. The zero-order valence-corrected chi connectivity index (χ0v) is 11.0. The third kappa shape index (κ3) is 2.23. The molecule has 2 amide bonds. The van der Waals surface area contributed by atoms with Crippen LogP contribution in [0.25, 0.3) is 0 Å². The molecule has 0 radical (unpaired) electrons. The topological polar surface area (TPSA) is 49.4 Å². The molecule has 1 N–H and O–H groups in total. The third-order valence-corrected chi connectivity index (χ3v) is 3.27. The Labute approximate surface area is 107 Å². The number of nitrogens with zero attached hydrogens (tertiary/aromatic N) is 1. The molecule has 0 spiro atoms. The highest BCUT2D eigenvalue weighted by Gasteiger charge is 2.37. The van der Waals surface area contributed by atoms with Crippen LogP contribution in [0.2, 0.25) is 0 Å². The van der Waals surface area contributed by atoms with Gasteiger partial charge in [0.2, 0.25) is 5.91 Å². The second-order valence-corrected chi connectivity index (χ2v) is 4.70. The number of aryl methyl sites for hydroxylation is 2. The van der Waals surface area contributed by atoms with Crippen molar-refractivity contribution < 1.29 is 9.59 Å². The molecule has 18 heavy (non-hydrogen) atoms. The summed E-state index contributed by atoms with van der Waals surface area (Å²) in [7, 11) is 0. The van der Waals surface area contributed by atoms with Crippen LogP contribution in [0, 0.1) is 13.8 Å². The SMILES string of the molecule is CCN1C(=O)C[C@H](Nc2ccc(C)cc2C)C1=O. The van der Waals surface area contributed by atoms with Crippen molar-refractivity contribution in [2.75, 3.05) is 11.9 Å². The second-order valence-electron chi connectivity index (χ2n) is 4.70. The lowest BCUT2D eigenvalue weighted by atomic mass is 10.1. The van der Waals surface area contributed by atoms with E-state index in [1.807, 2.05) is 32.9 Å². The summed E-state index contributed by atoms with van der Waals surface area (Å²) in [6, 6.07) is 5.59. The Bertz CT molecular complexity index is 497. The maximum absolute atomic E-state index is 12.0. The van der Waals surface area contributed by atoms with Gasteiger partial charge in [0, 0.05) is 12.2 Å². The molecule has 1 saturated heterocycles. The van der Waals surface area contributed by atoms with E-state index in [4.69, 9.17) is 0 Å². The molecule has 1 atom stereocenters. The van der Waals surface area contributed by atoms with Crippen molar-refractivity contribution in [3.8, 4) is 0 Å². The summed E-state index contributed by atoms with van der Waals surface area (Å²) in [5, 5.41) is 3.17. The lowest BCUT2D eigenvalue weighted by molar-refractivity contribution is -0.138. The van der Waals surface area contributed by atoms with Gasteiger partial charge in [0.25, 0.3) is 5.91 Å². The first-order valence-corrected chi connectivity index (χ1v) is 6.21. The number of anilines is 1. The molecule has 0 aliphatic carbocycles. The molecule has 0 unspecified atom stereocenters. The van der Waals surface area contributed by atoms with E-state index in [1.54, 1.807) is 0 Å². The van der Waals surface area contributed by atoms with Gasteiger partial charge in [-0.15, -0.1) is 0 Å². The maximum Gasteiger partial charge on any atom is 0.252 e. The highest BCUT2D eigenvalue weighted by atomic mass is 16.2. The number of nitrogens with one attached hydrogen (secondary N) is 1. The third-order valence-electron chi connectivity index (χ3n) is 3.27. The average Bonchev–Trinajstić information content (AvgIpc) is 2.58. The molecule has 2 rings (SSSR count). The molecule has 1 aliphatic heterocycles. The van der Waals surface area contributed by atoms with Gasteiger partial charge in [-0.3, -0.25) is 14.5 Å². The van der Waals surface area contributed by atoms with Gasteiger partial charge in [0.1, 0.15) is 6.04 Å². The van der Waals surface area contributed by atoms with Crippen molar-refractivity contribution in [2.45, 2.75) is 33.2 Å². The molecule has 0 aromatic heterocycles. The van der Waals surface area contributed by atoms with Gasteiger partial charge in [-0.1, -0.05) is 17.7 Å². The van der Waals surface area contributed by atoms with E-state index in [1.165, 1.54) is 10.5 Å². The molecule has 0 bridgehead atoms. The van der Waals surface area contributed by atoms with Crippen LogP contribution in [-0.2, 0) is 9.59 Å². The summed E-state index contributed by atoms with van der Waals surface area (Å²) in [5.41, 5.74) is 3.19. The second kappa shape index (κ2) is 4.80. The lowest BCUT2D eigenvalue weighted by Gasteiger charge is -2.15. The van der Waals surface area contributed by atoms with Crippen molar-refractivity contribution in [1.82, 2.24) is 4.90 Å². The molecule has 4 nitrogen and oxygen atoms in total. The number of carbonyl (C=O) groups is 2. The van der Waals surface area contributed by atoms with E-state index in [-0.39, 0.29) is 18.2 Å². The van der Waals surface area contributed by atoms with Crippen LogP contribution in [0.5, 0.6) is 0 Å². The fourth-order valence-corrected chi connectivity index (χ4v) is 2.29. The molecule has 4 heteroatoms. The fraction of sp³-hybridized carbons (Fsp3) is 0.429. The molecule has 0 saturated carbocycles. The predicted octanol–water partition coefficient (Wildman–Crippen LogP) is 1.86. The Kier molecular flexibility index (Phi) is 3.36. The van der Waals surface area contributed by atoms with Crippen LogP contribution < -0.4 is 5.32 Å². The maximum atomic E-state index is 12.0. The van der Waals surface area contributed by atoms with Gasteiger partial charge >= 0.3 is 0 Å². The Morgan fingerprint density at radius 1 is 1.33 bits per heavy atom. The average molecular weight is 246 g/mol. The number of benzene rings is 1. The van der Waals surface area contributed by atoms with Crippen molar-refractivity contribution in [3.05, 3.63) is 29.3 Å². The first kappa shape index (κ1) is 12.6. The molecular formula is C14H18N2O2. The van der Waals surface area contributed by atoms with Crippen molar-refractivity contribution in [3.63, 3.8) is 0 Å². The number of likely N-dealkylation sites (N-methyl/N-ethyl adjacent to an activating group) is 1. The minimum atomic E-state index is -0.418. The first-order valence-electron chi connectivity index (χ1n) is 6.21. The Morgan fingerprint density at radius 2 is 2.06 bits per heavy atom. The van der Waals surface area contributed by atoms with Gasteiger partial charge in [0.15, 0.2) is 0 Å². The van der Waals surface area contributed by atoms with E-state index < -0.39 is 6.04 Å². The number of amides is 2. The number of hydrogen-bond donors (Lipinski definition) is 1. The van der Waals surface area contributed by atoms with Crippen LogP contribution in [-0.4, -0.2) is 29.3 Å². The van der Waals surface area contributed by atoms with Crippen molar-refractivity contribution in [1.29, 1.82) is 0 Å². The van der Waals surface area contributed by atoms with Crippen LogP contribution in [0.1, 0.15) is 24.5 Å². The molecule has 96 valence electrons. The highest BCUT2D eigenvalue weighted by molar-refractivity contribution is 6.06. The summed E-state index contributed by atoms with van der Waals surface area (Å²) in [4.78, 5) is 24.9. The molecule has 1 fully saturated rings. The van der Waals surface area contributed by atoms with Crippen molar-refractivity contribution in [2.24, 2.45) is 0 Å². The van der Waals surface area contributed by atoms with Crippen LogP contribution in [0.15, 0.2) is 18.2 Å². The minimum absolute atomic E-state index is 0.0928. The standard InChI is InChI=1S/C14H18N2O2/c1-4-16-13(17)8-12(14(16)18)15-11-6-5-9(2)7-10(11)3/h5-7,12,15H,4,8H2,1-3H3/t12-/m0/s1. The van der Waals surface area contributed by atoms with E-state index >= 15 is 0 Å². The van der Waals surface area contributed by atoms with E-state index in [9.17, 15) is 9.59 Å². The molecule has 1 aromatic rings. The Hall–Kier alpha value is -1.84. The predicted molar refractivity (Wildman–Crippen MR) is 70.3 cm³/mol. The van der Waals surface area contributed by atoms with E-state index in [0.29, 0.717) is 6.54 Å². The van der Waals surface area contributed by atoms with Crippen LogP contribution in [0.3, 0.4) is 0 Å². The number of carbonyl (C=O) groups excluding carboxylic acids is 2. The minimum Gasteiger partial charge on any atom is -0.373 e. The summed E-state index contributed by atoms with van der Waals surface area (Å²) < 4.78 is 0. The number of rotatable bonds is 3. The van der Waals surface area contributed by atoms with Gasteiger partial charge in [-0.25, -0.2) is 0 Å². The van der Waals surface area contributed by atoms with Crippen LogP contribution >= 0.6 is 0 Å². The molecule has 1 aromatic carbocycles. The molecule has 1 aliphatic rings. The summed E-state index contributed by atoms with van der Waals surface area (Å²) in [6.07, 6.45) is 0.250. The van der Waals surface area contributed by atoms with E-state index in [2.05, 4.69) is 11.4 Å². The largest absolute Gasteiger partial charge is 0.373 e. The van der Waals surface area contributed by atoms with Gasteiger partial charge in [0.05, 0.1) is 6.42 Å². The Balaban J connectivity index is 2.15. The van der Waals surface area contributed by atoms with E-state index in [0.717, 1.165) is 11.3 Å². The lowest BCUT2D eigenvalue weighted by Crippen LogP contribution is -2.34. The smallest absolute Gasteiger partial charge is 0.252 e. The first-order chi connectivity index (χ1) is 8.52. The number of imide groups is 1. The molecule has 1 heterocycles. The van der Waals surface area contributed by atoms with Crippen molar-refractivity contribution >= 4 is 17.5 Å². The van der Waals surface area contributed by atoms with Gasteiger partial charge in [-0.2, -0.15) is 0 Å². The normalized spacial score (nSPS) is 19.5. The molecular weight excluding hydrogens is 228 g/mol. The van der Waals surface area contributed by atoms with Crippen LogP contribution in [0.4, 0.5) is 5.69 Å². The Morgan fingerprint density at radius 3 is 2.61 bits per heavy atom. The monoisotopic (exact) mass is 246 g/mol. The summed E-state index contributed by atoms with van der Waals surface area (Å²) in [5.74, 6) is -0.216. The summed E-state index contributed by atoms with van der Waals surface area (Å²) in [6.45, 7) is 6.28. The zero-order valence-electron chi connectivity index (χ0n) is 11.0. The summed E-state index contributed by atoms with van der Waals surface area (Å²) >= 11 is 0. The number of hydrogen-bond acceptors (Lipinski definition) is 3. The van der Waals surface area contributed by atoms with Gasteiger partial charge < -0.3 is 5.32 Å². The highest BCUT2D eigenvalue weighted by Crippen LogP contribution is 2.21.